The number of fused-ring (bicyclic) bond motifs is 2. The minimum atomic E-state index is -0.437. The fourth-order valence-corrected chi connectivity index (χ4v) is 2.88. The smallest absolute Gasteiger partial charge is 0.410 e. The van der Waals surface area contributed by atoms with Gasteiger partial charge in [0.1, 0.15) is 17.7 Å². The molecule has 0 saturated carbocycles. The summed E-state index contributed by atoms with van der Waals surface area (Å²) in [4.78, 5) is 24.4. The molecule has 2 atom stereocenters. The summed E-state index contributed by atoms with van der Waals surface area (Å²) >= 11 is 0. The van der Waals surface area contributed by atoms with Crippen LogP contribution < -0.4 is 4.90 Å². The van der Waals surface area contributed by atoms with Gasteiger partial charge in [-0.2, -0.15) is 0 Å². The summed E-state index contributed by atoms with van der Waals surface area (Å²) < 4.78 is 5.46. The van der Waals surface area contributed by atoms with Gasteiger partial charge in [0, 0.05) is 19.3 Å². The third kappa shape index (κ3) is 2.42. The highest BCUT2D eigenvalue weighted by molar-refractivity contribution is 5.71. The Morgan fingerprint density at radius 2 is 2.05 bits per heavy atom. The van der Waals surface area contributed by atoms with Crippen LogP contribution in [-0.4, -0.2) is 51.7 Å². The molecular weight excluding hydrogens is 256 g/mol. The number of hydrogen-bond acceptors (Lipinski definition) is 5. The zero-order chi connectivity index (χ0) is 14.3. The first-order valence-corrected chi connectivity index (χ1v) is 6.96. The van der Waals surface area contributed by atoms with Crippen molar-refractivity contribution in [3.63, 3.8) is 0 Å². The number of carbonyl (C=O) groups is 1. The number of aromatic nitrogens is 2. The van der Waals surface area contributed by atoms with E-state index in [1.54, 1.807) is 12.5 Å². The van der Waals surface area contributed by atoms with Gasteiger partial charge in [0.05, 0.1) is 12.1 Å². The average Bonchev–Trinajstić information content (AvgIpc) is 2.37. The van der Waals surface area contributed by atoms with E-state index in [9.17, 15) is 4.79 Å². The average molecular weight is 276 g/mol. The summed E-state index contributed by atoms with van der Waals surface area (Å²) in [7, 11) is 0. The number of carbonyl (C=O) groups excluding carboxylic acids is 1. The molecule has 2 unspecified atom stereocenters. The predicted molar refractivity (Wildman–Crippen MR) is 74.5 cm³/mol. The van der Waals surface area contributed by atoms with E-state index >= 15 is 0 Å². The lowest BCUT2D eigenvalue weighted by molar-refractivity contribution is -0.0380. The second kappa shape index (κ2) is 4.61. The number of nitrogens with zero attached hydrogens (tertiary/aromatic N) is 4. The topological polar surface area (TPSA) is 58.6 Å². The lowest BCUT2D eigenvalue weighted by Crippen LogP contribution is -2.70. The first kappa shape index (κ1) is 13.1. The van der Waals surface area contributed by atoms with Crippen molar-refractivity contribution in [2.45, 2.75) is 44.9 Å². The van der Waals surface area contributed by atoms with Gasteiger partial charge in [0.15, 0.2) is 0 Å². The van der Waals surface area contributed by atoms with Crippen molar-refractivity contribution in [1.29, 1.82) is 0 Å². The molecule has 108 valence electrons. The molecule has 2 bridgehead atoms. The van der Waals surface area contributed by atoms with E-state index in [1.807, 2.05) is 31.7 Å². The van der Waals surface area contributed by atoms with Crippen LogP contribution in [0, 0.1) is 0 Å². The lowest BCUT2D eigenvalue weighted by Gasteiger charge is -2.55. The van der Waals surface area contributed by atoms with Crippen molar-refractivity contribution in [1.82, 2.24) is 14.9 Å². The maximum atomic E-state index is 12.2. The molecule has 0 N–H and O–H groups in total. The first-order chi connectivity index (χ1) is 9.44. The quantitative estimate of drug-likeness (QED) is 0.781. The third-order valence-electron chi connectivity index (χ3n) is 3.69. The molecule has 4 rings (SSSR count). The van der Waals surface area contributed by atoms with Crippen LogP contribution in [0.3, 0.4) is 0 Å². The number of anilines is 1. The Kier molecular flexibility index (Phi) is 3.03. The van der Waals surface area contributed by atoms with Crippen molar-refractivity contribution in [2.24, 2.45) is 0 Å². The van der Waals surface area contributed by atoms with Gasteiger partial charge < -0.3 is 9.64 Å². The van der Waals surface area contributed by atoms with Crippen LogP contribution in [0.25, 0.3) is 0 Å². The minimum Gasteiger partial charge on any atom is -0.444 e. The van der Waals surface area contributed by atoms with Crippen molar-refractivity contribution in [3.8, 4) is 0 Å². The molecule has 0 aliphatic carbocycles. The Balaban J connectivity index is 1.64. The van der Waals surface area contributed by atoms with Crippen molar-refractivity contribution in [3.05, 3.63) is 18.6 Å². The van der Waals surface area contributed by atoms with E-state index in [0.29, 0.717) is 0 Å². The van der Waals surface area contributed by atoms with Crippen molar-refractivity contribution in [2.75, 3.05) is 18.0 Å². The molecule has 0 radical (unpaired) electrons. The fraction of sp³-hybridized carbons (Fsp3) is 0.643. The van der Waals surface area contributed by atoms with E-state index in [-0.39, 0.29) is 18.2 Å². The number of hydrogen-bond donors (Lipinski definition) is 0. The fourth-order valence-electron chi connectivity index (χ4n) is 2.88. The summed E-state index contributed by atoms with van der Waals surface area (Å²) in [6.45, 7) is 7.31. The SMILES string of the molecule is CC(C)(C)OC(=O)N1C2CC1CN(c1ccncn1)C2. The Morgan fingerprint density at radius 1 is 1.35 bits per heavy atom. The number of piperazine rings is 1. The second-order valence-corrected chi connectivity index (χ2v) is 6.40. The molecule has 20 heavy (non-hydrogen) atoms. The molecule has 3 saturated heterocycles. The van der Waals surface area contributed by atoms with Gasteiger partial charge in [-0.3, -0.25) is 4.90 Å². The van der Waals surface area contributed by atoms with Gasteiger partial charge >= 0.3 is 6.09 Å². The first-order valence-electron chi connectivity index (χ1n) is 6.96. The monoisotopic (exact) mass is 276 g/mol. The van der Waals surface area contributed by atoms with Crippen LogP contribution in [0.15, 0.2) is 18.6 Å². The molecule has 0 spiro atoms. The molecule has 1 aromatic heterocycles. The molecule has 6 heteroatoms. The molecule has 3 fully saturated rings. The minimum absolute atomic E-state index is 0.193. The van der Waals surface area contributed by atoms with Gasteiger partial charge in [-0.1, -0.05) is 0 Å². The lowest BCUT2D eigenvalue weighted by atomic mass is 9.88. The Hall–Kier alpha value is -1.85. The van der Waals surface area contributed by atoms with E-state index < -0.39 is 5.60 Å². The number of rotatable bonds is 1. The maximum absolute atomic E-state index is 12.2. The molecule has 4 heterocycles. The Morgan fingerprint density at radius 3 is 2.60 bits per heavy atom. The number of amides is 1. The highest BCUT2D eigenvalue weighted by Crippen LogP contribution is 2.35. The maximum Gasteiger partial charge on any atom is 0.410 e. The van der Waals surface area contributed by atoms with Gasteiger partial charge in [-0.15, -0.1) is 0 Å². The van der Waals surface area contributed by atoms with Crippen LogP contribution >= 0.6 is 0 Å². The molecule has 6 nitrogen and oxygen atoms in total. The summed E-state index contributed by atoms with van der Waals surface area (Å²) in [5, 5.41) is 0. The zero-order valence-corrected chi connectivity index (χ0v) is 12.1. The standard InChI is InChI=1S/C14H20N4O2/c1-14(2,3)20-13(19)18-10-6-11(18)8-17(7-10)12-4-5-15-9-16-12/h4-5,9-11H,6-8H2,1-3H3. The van der Waals surface area contributed by atoms with Gasteiger partial charge in [0.2, 0.25) is 0 Å². The highest BCUT2D eigenvalue weighted by Gasteiger charge is 2.48. The normalized spacial score (nSPS) is 25.1. The molecule has 3 aliphatic rings. The molecule has 3 aliphatic heterocycles. The van der Waals surface area contributed by atoms with Crippen LogP contribution in [0.1, 0.15) is 27.2 Å². The summed E-state index contributed by atoms with van der Waals surface area (Å²) in [5.41, 5.74) is -0.437. The van der Waals surface area contributed by atoms with Gasteiger partial charge in [0.25, 0.3) is 0 Å². The summed E-state index contributed by atoms with van der Waals surface area (Å²) in [5.74, 6) is 0.929. The molecule has 1 amide bonds. The van der Waals surface area contributed by atoms with Gasteiger partial charge in [-0.25, -0.2) is 14.8 Å². The van der Waals surface area contributed by atoms with Crippen LogP contribution in [0.2, 0.25) is 0 Å². The van der Waals surface area contributed by atoms with Gasteiger partial charge in [-0.05, 0) is 33.3 Å². The van der Waals surface area contributed by atoms with Crippen LogP contribution in [0.5, 0.6) is 0 Å². The van der Waals surface area contributed by atoms with Crippen LogP contribution in [-0.2, 0) is 4.74 Å². The predicted octanol–water partition coefficient (Wildman–Crippen LogP) is 1.67. The molecular formula is C14H20N4O2. The number of ether oxygens (including phenoxy) is 1. The zero-order valence-electron chi connectivity index (χ0n) is 12.1. The third-order valence-corrected chi connectivity index (χ3v) is 3.69. The largest absolute Gasteiger partial charge is 0.444 e. The molecule has 1 aromatic rings. The van der Waals surface area contributed by atoms with E-state index in [2.05, 4.69) is 14.9 Å². The van der Waals surface area contributed by atoms with Crippen molar-refractivity contribution < 1.29 is 9.53 Å². The Labute approximate surface area is 118 Å². The van der Waals surface area contributed by atoms with E-state index in [0.717, 1.165) is 25.3 Å². The van der Waals surface area contributed by atoms with Crippen LogP contribution in [0.4, 0.5) is 10.6 Å². The summed E-state index contributed by atoms with van der Waals surface area (Å²) in [6, 6.07) is 2.37. The number of piperidine rings is 1. The van der Waals surface area contributed by atoms with E-state index in [4.69, 9.17) is 4.74 Å². The van der Waals surface area contributed by atoms with Crippen molar-refractivity contribution >= 4 is 11.9 Å². The molecule has 0 aromatic carbocycles. The Bertz CT molecular complexity index is 488. The summed E-state index contributed by atoms with van der Waals surface area (Å²) in [6.07, 6.45) is 4.16. The second-order valence-electron chi connectivity index (χ2n) is 6.40. The van der Waals surface area contributed by atoms with E-state index in [1.165, 1.54) is 0 Å². The highest BCUT2D eigenvalue weighted by atomic mass is 16.6.